The standard InChI is InChI=1S/C16H21N3OS/c1-3-4-7-10-20-15-9-6-5-8-14(15)11-17-19-16-18-13(2)12-21-16/h5-6,8-9,11-12H,3-4,7,10H2,1-2H3,(H,18,19)/b17-11+. The van der Waals surface area contributed by atoms with Crippen molar-refractivity contribution in [1.29, 1.82) is 0 Å². The SMILES string of the molecule is CCCCCOc1ccccc1/C=N/Nc1nc(C)cs1. The number of aromatic nitrogens is 1. The molecule has 0 bridgehead atoms. The molecule has 5 heteroatoms. The summed E-state index contributed by atoms with van der Waals surface area (Å²) in [6.07, 6.45) is 5.25. The first kappa shape index (κ1) is 15.5. The molecule has 2 aromatic rings. The molecule has 0 saturated heterocycles. The molecule has 4 nitrogen and oxygen atoms in total. The van der Waals surface area contributed by atoms with Crippen LogP contribution < -0.4 is 10.2 Å². The molecule has 0 fully saturated rings. The number of thiazole rings is 1. The van der Waals surface area contributed by atoms with E-state index in [0.717, 1.165) is 35.2 Å². The van der Waals surface area contributed by atoms with Crippen molar-refractivity contribution in [2.75, 3.05) is 12.0 Å². The Morgan fingerprint density at radius 1 is 1.33 bits per heavy atom. The number of nitrogens with zero attached hydrogens (tertiary/aromatic N) is 2. The van der Waals surface area contributed by atoms with E-state index in [4.69, 9.17) is 4.74 Å². The first-order valence-corrected chi connectivity index (χ1v) is 8.10. The maximum absolute atomic E-state index is 5.81. The predicted molar refractivity (Wildman–Crippen MR) is 89.5 cm³/mol. The molecule has 0 aliphatic rings. The van der Waals surface area contributed by atoms with E-state index in [-0.39, 0.29) is 0 Å². The highest BCUT2D eigenvalue weighted by atomic mass is 32.1. The molecule has 1 aromatic heterocycles. The molecule has 0 amide bonds. The number of benzene rings is 1. The smallest absolute Gasteiger partial charge is 0.203 e. The van der Waals surface area contributed by atoms with Crippen LogP contribution in [0.25, 0.3) is 0 Å². The van der Waals surface area contributed by atoms with Crippen molar-refractivity contribution >= 4 is 22.7 Å². The van der Waals surface area contributed by atoms with E-state index in [2.05, 4.69) is 22.4 Å². The summed E-state index contributed by atoms with van der Waals surface area (Å²) in [7, 11) is 0. The lowest BCUT2D eigenvalue weighted by molar-refractivity contribution is 0.306. The van der Waals surface area contributed by atoms with Crippen LogP contribution >= 0.6 is 11.3 Å². The van der Waals surface area contributed by atoms with Gasteiger partial charge < -0.3 is 4.74 Å². The Balaban J connectivity index is 1.92. The van der Waals surface area contributed by atoms with Crippen LogP contribution in [0.3, 0.4) is 0 Å². The van der Waals surface area contributed by atoms with Crippen LogP contribution in [0, 0.1) is 6.92 Å². The van der Waals surface area contributed by atoms with E-state index < -0.39 is 0 Å². The molecule has 0 spiro atoms. The molecule has 0 unspecified atom stereocenters. The van der Waals surface area contributed by atoms with E-state index >= 15 is 0 Å². The van der Waals surface area contributed by atoms with E-state index in [0.29, 0.717) is 0 Å². The van der Waals surface area contributed by atoms with Crippen molar-refractivity contribution in [1.82, 2.24) is 4.98 Å². The van der Waals surface area contributed by atoms with Crippen LogP contribution in [0.1, 0.15) is 37.4 Å². The Morgan fingerprint density at radius 2 is 2.19 bits per heavy atom. The minimum atomic E-state index is 0.748. The van der Waals surface area contributed by atoms with Gasteiger partial charge in [0, 0.05) is 10.9 Å². The second-order valence-corrected chi connectivity index (χ2v) is 5.62. The maximum Gasteiger partial charge on any atom is 0.203 e. The molecule has 0 aliphatic carbocycles. The number of anilines is 1. The number of rotatable bonds is 8. The zero-order valence-electron chi connectivity index (χ0n) is 12.5. The fraction of sp³-hybridized carbons (Fsp3) is 0.375. The molecule has 21 heavy (non-hydrogen) atoms. The Kier molecular flexibility index (Phi) is 6.22. The van der Waals surface area contributed by atoms with E-state index in [9.17, 15) is 0 Å². The van der Waals surface area contributed by atoms with Crippen molar-refractivity contribution in [3.05, 3.63) is 40.9 Å². The van der Waals surface area contributed by atoms with Crippen LogP contribution in [0.4, 0.5) is 5.13 Å². The number of para-hydroxylation sites is 1. The average molecular weight is 303 g/mol. The zero-order valence-corrected chi connectivity index (χ0v) is 13.3. The average Bonchev–Trinajstić information content (AvgIpc) is 2.91. The van der Waals surface area contributed by atoms with Gasteiger partial charge >= 0.3 is 0 Å². The molecule has 0 saturated carbocycles. The Labute approximate surface area is 129 Å². The lowest BCUT2D eigenvalue weighted by Gasteiger charge is -2.08. The van der Waals surface area contributed by atoms with Crippen molar-refractivity contribution in [3.8, 4) is 5.75 Å². The van der Waals surface area contributed by atoms with Crippen molar-refractivity contribution in [3.63, 3.8) is 0 Å². The largest absolute Gasteiger partial charge is 0.493 e. The van der Waals surface area contributed by atoms with Crippen molar-refractivity contribution in [2.45, 2.75) is 33.1 Å². The molecule has 1 heterocycles. The molecule has 1 N–H and O–H groups in total. The topological polar surface area (TPSA) is 46.5 Å². The van der Waals surface area contributed by atoms with Gasteiger partial charge in [-0.3, -0.25) is 5.43 Å². The lowest BCUT2D eigenvalue weighted by Crippen LogP contribution is -2.00. The van der Waals surface area contributed by atoms with Crippen LogP contribution in [-0.4, -0.2) is 17.8 Å². The summed E-state index contributed by atoms with van der Waals surface area (Å²) in [6, 6.07) is 7.92. The van der Waals surface area contributed by atoms with Crippen LogP contribution in [0.2, 0.25) is 0 Å². The number of hydrogen-bond donors (Lipinski definition) is 1. The zero-order chi connectivity index (χ0) is 14.9. The van der Waals surface area contributed by atoms with Crippen LogP contribution in [0.5, 0.6) is 5.75 Å². The highest BCUT2D eigenvalue weighted by Gasteiger charge is 2.00. The lowest BCUT2D eigenvalue weighted by atomic mass is 10.2. The molecular formula is C16H21N3OS. The summed E-state index contributed by atoms with van der Waals surface area (Å²) in [6.45, 7) is 4.90. The molecular weight excluding hydrogens is 282 g/mol. The quantitative estimate of drug-likeness (QED) is 0.445. The van der Waals surface area contributed by atoms with Crippen molar-refractivity contribution in [2.24, 2.45) is 5.10 Å². The van der Waals surface area contributed by atoms with Gasteiger partial charge in [0.1, 0.15) is 5.75 Å². The van der Waals surface area contributed by atoms with Gasteiger partial charge in [-0.05, 0) is 25.5 Å². The predicted octanol–water partition coefficient (Wildman–Crippen LogP) is 4.47. The van der Waals surface area contributed by atoms with Gasteiger partial charge in [0.15, 0.2) is 0 Å². The highest BCUT2D eigenvalue weighted by molar-refractivity contribution is 7.13. The number of unbranched alkanes of at least 4 members (excludes halogenated alkanes) is 2. The summed E-state index contributed by atoms with van der Waals surface area (Å²) in [5.41, 5.74) is 4.90. The molecule has 112 valence electrons. The summed E-state index contributed by atoms with van der Waals surface area (Å²) >= 11 is 1.54. The fourth-order valence-electron chi connectivity index (χ4n) is 1.82. The minimum absolute atomic E-state index is 0.748. The summed E-state index contributed by atoms with van der Waals surface area (Å²) in [4.78, 5) is 4.30. The monoisotopic (exact) mass is 303 g/mol. The van der Waals surface area contributed by atoms with Gasteiger partial charge in [0.2, 0.25) is 5.13 Å². The van der Waals surface area contributed by atoms with E-state index in [1.807, 2.05) is 36.6 Å². The maximum atomic E-state index is 5.81. The summed E-state index contributed by atoms with van der Waals surface area (Å²) < 4.78 is 5.81. The molecule has 2 rings (SSSR count). The first-order valence-electron chi connectivity index (χ1n) is 7.22. The Bertz CT molecular complexity index is 580. The van der Waals surface area contributed by atoms with E-state index in [1.165, 1.54) is 12.8 Å². The van der Waals surface area contributed by atoms with Crippen molar-refractivity contribution < 1.29 is 4.74 Å². The van der Waals surface area contributed by atoms with Gasteiger partial charge in [0.05, 0.1) is 18.5 Å². The summed E-state index contributed by atoms with van der Waals surface area (Å²) in [5.74, 6) is 0.870. The summed E-state index contributed by atoms with van der Waals surface area (Å²) in [5, 5.41) is 7.01. The Hall–Kier alpha value is -1.88. The van der Waals surface area contributed by atoms with Gasteiger partial charge in [0.25, 0.3) is 0 Å². The number of hydrazone groups is 1. The minimum Gasteiger partial charge on any atom is -0.493 e. The molecule has 0 aliphatic heterocycles. The molecule has 0 radical (unpaired) electrons. The normalized spacial score (nSPS) is 11.0. The van der Waals surface area contributed by atoms with Gasteiger partial charge in [-0.25, -0.2) is 4.98 Å². The van der Waals surface area contributed by atoms with Gasteiger partial charge in [-0.1, -0.05) is 31.9 Å². The van der Waals surface area contributed by atoms with Crippen LogP contribution in [0.15, 0.2) is 34.7 Å². The third kappa shape index (κ3) is 5.19. The number of hydrogen-bond acceptors (Lipinski definition) is 5. The second-order valence-electron chi connectivity index (χ2n) is 4.76. The van der Waals surface area contributed by atoms with Gasteiger partial charge in [-0.15, -0.1) is 11.3 Å². The molecule has 0 atom stereocenters. The number of ether oxygens (including phenoxy) is 1. The van der Waals surface area contributed by atoms with Gasteiger partial charge in [-0.2, -0.15) is 5.10 Å². The third-order valence-corrected chi connectivity index (χ3v) is 3.77. The number of aryl methyl sites for hydroxylation is 1. The third-order valence-electron chi connectivity index (χ3n) is 2.91. The van der Waals surface area contributed by atoms with Crippen LogP contribution in [-0.2, 0) is 0 Å². The number of nitrogens with one attached hydrogen (secondary N) is 1. The van der Waals surface area contributed by atoms with E-state index in [1.54, 1.807) is 17.6 Å². The highest BCUT2D eigenvalue weighted by Crippen LogP contribution is 2.17. The second kappa shape index (κ2) is 8.42. The molecule has 1 aromatic carbocycles. The fourth-order valence-corrected chi connectivity index (χ4v) is 2.45. The Morgan fingerprint density at radius 3 is 2.95 bits per heavy atom. The first-order chi connectivity index (χ1) is 10.3.